The predicted molar refractivity (Wildman–Crippen MR) is 93.5 cm³/mol. The zero-order valence-electron chi connectivity index (χ0n) is 14.8. The number of nitrogens with zero attached hydrogens (tertiary/aromatic N) is 2. The van der Waals surface area contributed by atoms with Crippen molar-refractivity contribution in [2.45, 2.75) is 63.1 Å². The number of pyridine rings is 1. The third-order valence-corrected chi connectivity index (χ3v) is 6.01. The van der Waals surface area contributed by atoms with Gasteiger partial charge in [-0.2, -0.15) is 0 Å². The molecule has 1 saturated heterocycles. The Labute approximate surface area is 148 Å². The summed E-state index contributed by atoms with van der Waals surface area (Å²) in [6.45, 7) is 3.33. The number of fused-ring (bicyclic) bond motifs is 5. The van der Waals surface area contributed by atoms with Crippen LogP contribution in [0.4, 0.5) is 0 Å². The van der Waals surface area contributed by atoms with Crippen molar-refractivity contribution in [3.05, 3.63) is 23.4 Å². The lowest BCUT2D eigenvalue weighted by Crippen LogP contribution is -2.47. The monoisotopic (exact) mass is 345 g/mol. The molecule has 136 valence electrons. The molecule has 6 heteroatoms. The number of amides is 1. The lowest BCUT2D eigenvalue weighted by atomic mass is 9.81. The van der Waals surface area contributed by atoms with Crippen LogP contribution in [0, 0.1) is 6.92 Å². The van der Waals surface area contributed by atoms with Gasteiger partial charge in [-0.05, 0) is 56.6 Å². The number of hydrogen-bond acceptors (Lipinski definition) is 5. The van der Waals surface area contributed by atoms with E-state index in [0.29, 0.717) is 24.9 Å². The van der Waals surface area contributed by atoms with Gasteiger partial charge in [0.25, 0.3) is 5.91 Å². The van der Waals surface area contributed by atoms with Crippen molar-refractivity contribution in [1.29, 1.82) is 0 Å². The zero-order valence-corrected chi connectivity index (χ0v) is 14.8. The molecule has 2 N–H and O–H groups in total. The molecule has 1 aliphatic carbocycles. The average Bonchev–Trinajstić information content (AvgIpc) is 2.99. The Bertz CT molecular complexity index is 643. The number of aryl methyl sites for hydroxylation is 1. The fourth-order valence-electron chi connectivity index (χ4n) is 4.52. The van der Waals surface area contributed by atoms with Gasteiger partial charge in [-0.1, -0.05) is 0 Å². The molecule has 2 fully saturated rings. The largest absolute Gasteiger partial charge is 0.467 e. The Morgan fingerprint density at radius 3 is 2.84 bits per heavy atom. The number of aromatic nitrogens is 1. The van der Waals surface area contributed by atoms with Gasteiger partial charge in [0, 0.05) is 24.3 Å². The van der Waals surface area contributed by atoms with Crippen LogP contribution in [0.15, 0.2) is 12.3 Å². The van der Waals surface area contributed by atoms with Crippen molar-refractivity contribution in [3.63, 3.8) is 0 Å². The molecule has 4 heterocycles. The fourth-order valence-corrected chi connectivity index (χ4v) is 4.52. The van der Waals surface area contributed by atoms with Crippen LogP contribution in [0.25, 0.3) is 0 Å². The molecule has 6 nitrogen and oxygen atoms in total. The first-order valence-electron chi connectivity index (χ1n) is 9.38. The molecule has 0 unspecified atom stereocenters. The summed E-state index contributed by atoms with van der Waals surface area (Å²) in [5, 5.41) is 0. The zero-order chi connectivity index (χ0) is 17.4. The van der Waals surface area contributed by atoms with Gasteiger partial charge in [-0.15, -0.1) is 0 Å². The maximum absolute atomic E-state index is 12.7. The van der Waals surface area contributed by atoms with Crippen LogP contribution in [0.5, 0.6) is 5.88 Å². The van der Waals surface area contributed by atoms with Crippen molar-refractivity contribution < 1.29 is 14.3 Å². The van der Waals surface area contributed by atoms with Gasteiger partial charge in [0.2, 0.25) is 5.88 Å². The third kappa shape index (κ3) is 3.25. The van der Waals surface area contributed by atoms with E-state index in [4.69, 9.17) is 15.2 Å². The minimum atomic E-state index is -0.0421. The van der Waals surface area contributed by atoms with E-state index in [1.807, 2.05) is 11.0 Å². The van der Waals surface area contributed by atoms with Crippen molar-refractivity contribution in [3.8, 4) is 5.88 Å². The molecule has 4 aliphatic rings. The van der Waals surface area contributed by atoms with E-state index in [2.05, 4.69) is 11.9 Å². The third-order valence-electron chi connectivity index (χ3n) is 6.01. The molecule has 0 aromatic carbocycles. The Kier molecular flexibility index (Phi) is 4.65. The molecule has 1 aromatic rings. The first kappa shape index (κ1) is 16.8. The van der Waals surface area contributed by atoms with Gasteiger partial charge in [-0.3, -0.25) is 4.79 Å². The molecule has 0 spiro atoms. The van der Waals surface area contributed by atoms with Gasteiger partial charge in [0.15, 0.2) is 6.61 Å². The number of carbonyl (C=O) groups excluding carboxylic acids is 1. The smallest absolute Gasteiger partial charge is 0.260 e. The number of ether oxygens (including phenoxy) is 2. The van der Waals surface area contributed by atoms with Crippen LogP contribution in [0.1, 0.15) is 49.1 Å². The number of hydrogen-bond donors (Lipinski definition) is 1. The van der Waals surface area contributed by atoms with E-state index in [0.717, 1.165) is 32.1 Å². The second-order valence-corrected chi connectivity index (χ2v) is 7.55. The lowest BCUT2D eigenvalue weighted by Gasteiger charge is -2.31. The summed E-state index contributed by atoms with van der Waals surface area (Å²) in [4.78, 5) is 18.9. The predicted octanol–water partition coefficient (Wildman–Crippen LogP) is 1.75. The SMILES string of the molecule is Cc1ccnc2c1[C@H]1CC[C@H](CC1)OC[C@H]1[C@@H](N)CCN1C(=O)CO2. The highest BCUT2D eigenvalue weighted by Gasteiger charge is 2.37. The molecule has 25 heavy (non-hydrogen) atoms. The van der Waals surface area contributed by atoms with Crippen LogP contribution in [-0.4, -0.2) is 53.7 Å². The Morgan fingerprint density at radius 1 is 1.24 bits per heavy atom. The molecule has 2 atom stereocenters. The van der Waals surface area contributed by atoms with E-state index in [-0.39, 0.29) is 30.7 Å². The minimum Gasteiger partial charge on any atom is -0.467 e. The van der Waals surface area contributed by atoms with E-state index < -0.39 is 0 Å². The molecule has 1 amide bonds. The molecule has 2 bridgehead atoms. The quantitative estimate of drug-likeness (QED) is 0.775. The molecule has 1 aromatic heterocycles. The topological polar surface area (TPSA) is 77.7 Å². The molecule has 0 radical (unpaired) electrons. The Morgan fingerprint density at radius 2 is 2.04 bits per heavy atom. The summed E-state index contributed by atoms with van der Waals surface area (Å²) < 4.78 is 12.1. The van der Waals surface area contributed by atoms with Crippen LogP contribution in [-0.2, 0) is 9.53 Å². The second-order valence-electron chi connectivity index (χ2n) is 7.55. The highest BCUT2D eigenvalue weighted by Crippen LogP contribution is 2.39. The van der Waals surface area contributed by atoms with E-state index in [1.165, 1.54) is 11.1 Å². The molecule has 1 saturated carbocycles. The van der Waals surface area contributed by atoms with Gasteiger partial charge in [0.1, 0.15) is 0 Å². The summed E-state index contributed by atoms with van der Waals surface area (Å²) in [5.74, 6) is 1.03. The summed E-state index contributed by atoms with van der Waals surface area (Å²) in [5.41, 5.74) is 8.59. The first-order valence-corrected chi connectivity index (χ1v) is 9.38. The maximum Gasteiger partial charge on any atom is 0.260 e. The first-order chi connectivity index (χ1) is 12.1. The minimum absolute atomic E-state index is 0.0157. The molecule has 5 rings (SSSR count). The number of nitrogens with two attached hydrogens (primary N) is 1. The highest BCUT2D eigenvalue weighted by molar-refractivity contribution is 5.78. The van der Waals surface area contributed by atoms with E-state index >= 15 is 0 Å². The van der Waals surface area contributed by atoms with Crippen LogP contribution < -0.4 is 10.5 Å². The maximum atomic E-state index is 12.7. The summed E-state index contributed by atoms with van der Waals surface area (Å²) in [6.07, 6.45) is 7.07. The standard InChI is InChI=1S/C19H27N3O3/c1-12-6-8-21-19-18(12)13-2-4-14(5-3-13)24-10-16-15(20)7-9-22(16)17(23)11-25-19/h6,8,13-16H,2-5,7,9-11,20H2,1H3/t13-,14+,15-,16-/m0/s1. The highest BCUT2D eigenvalue weighted by atomic mass is 16.5. The normalized spacial score (nSPS) is 32.9. The Balaban J connectivity index is 1.64. The van der Waals surface area contributed by atoms with Gasteiger partial charge >= 0.3 is 0 Å². The fraction of sp³-hybridized carbons (Fsp3) is 0.684. The Hall–Kier alpha value is -1.66. The van der Waals surface area contributed by atoms with Gasteiger partial charge < -0.3 is 20.1 Å². The van der Waals surface area contributed by atoms with Crippen LogP contribution >= 0.6 is 0 Å². The van der Waals surface area contributed by atoms with Crippen molar-refractivity contribution >= 4 is 5.91 Å². The summed E-state index contributed by atoms with van der Waals surface area (Å²) in [6, 6.07) is 1.97. The summed E-state index contributed by atoms with van der Waals surface area (Å²) >= 11 is 0. The van der Waals surface area contributed by atoms with Gasteiger partial charge in [0.05, 0.1) is 18.8 Å². The molecule has 3 aliphatic heterocycles. The van der Waals surface area contributed by atoms with Crippen molar-refractivity contribution in [2.24, 2.45) is 5.73 Å². The second kappa shape index (κ2) is 6.92. The van der Waals surface area contributed by atoms with Crippen molar-refractivity contribution in [1.82, 2.24) is 9.88 Å². The van der Waals surface area contributed by atoms with E-state index in [9.17, 15) is 4.79 Å². The number of rotatable bonds is 0. The van der Waals surface area contributed by atoms with Crippen LogP contribution in [0.3, 0.4) is 0 Å². The van der Waals surface area contributed by atoms with Crippen LogP contribution in [0.2, 0.25) is 0 Å². The number of carbonyl (C=O) groups is 1. The average molecular weight is 345 g/mol. The lowest BCUT2D eigenvalue weighted by molar-refractivity contribution is -0.136. The molecular formula is C19H27N3O3. The van der Waals surface area contributed by atoms with E-state index in [1.54, 1.807) is 6.20 Å². The molecular weight excluding hydrogens is 318 g/mol. The van der Waals surface area contributed by atoms with Crippen molar-refractivity contribution in [2.75, 3.05) is 19.8 Å². The summed E-state index contributed by atoms with van der Waals surface area (Å²) in [7, 11) is 0. The van der Waals surface area contributed by atoms with Gasteiger partial charge in [-0.25, -0.2) is 4.98 Å².